The fourth-order valence-electron chi connectivity index (χ4n) is 3.10. The van der Waals surface area contributed by atoms with E-state index in [-0.39, 0.29) is 17.1 Å². The number of benzene rings is 3. The average molecular weight is 417 g/mol. The number of aromatic hydroxyl groups is 1. The number of fused-ring (bicyclic) bond motifs is 1. The molecule has 0 aliphatic heterocycles. The van der Waals surface area contributed by atoms with Crippen molar-refractivity contribution < 1.29 is 14.6 Å². The molecule has 30 heavy (non-hydrogen) atoms. The van der Waals surface area contributed by atoms with E-state index in [4.69, 9.17) is 4.74 Å². The number of nitrogens with zero attached hydrogens (tertiary/aromatic N) is 1. The van der Waals surface area contributed by atoms with Crippen molar-refractivity contribution in [1.29, 1.82) is 0 Å². The van der Waals surface area contributed by atoms with Crippen LogP contribution in [0.25, 0.3) is 17.1 Å². The van der Waals surface area contributed by atoms with E-state index in [1.165, 1.54) is 12.1 Å². The van der Waals surface area contributed by atoms with Crippen molar-refractivity contribution in [3.05, 3.63) is 89.5 Å². The summed E-state index contributed by atoms with van der Waals surface area (Å²) >= 11 is 1.59. The summed E-state index contributed by atoms with van der Waals surface area (Å²) in [6.45, 7) is 0. The number of phenols is 1. The van der Waals surface area contributed by atoms with Gasteiger partial charge in [0.25, 0.3) is 0 Å². The Morgan fingerprint density at radius 3 is 2.73 bits per heavy atom. The van der Waals surface area contributed by atoms with Crippen LogP contribution in [-0.2, 0) is 5.75 Å². The van der Waals surface area contributed by atoms with Crippen molar-refractivity contribution in [3.8, 4) is 11.5 Å². The van der Waals surface area contributed by atoms with Crippen LogP contribution in [0.5, 0.6) is 11.5 Å². The summed E-state index contributed by atoms with van der Waals surface area (Å²) in [6.07, 6.45) is 3.20. The highest BCUT2D eigenvalue weighted by Gasteiger charge is 2.09. The molecule has 0 spiro atoms. The lowest BCUT2D eigenvalue weighted by Gasteiger charge is -2.08. The summed E-state index contributed by atoms with van der Waals surface area (Å²) in [6, 6.07) is 20.2. The third-order valence-corrected chi connectivity index (χ3v) is 5.56. The van der Waals surface area contributed by atoms with Crippen LogP contribution in [0.15, 0.2) is 78.0 Å². The maximum absolute atomic E-state index is 12.4. The fourth-order valence-corrected chi connectivity index (χ4v) is 3.97. The molecule has 0 atom stereocenters. The molecule has 2 N–H and O–H groups in total. The lowest BCUT2D eigenvalue weighted by atomic mass is 10.1. The Balaban J connectivity index is 1.51. The molecule has 4 rings (SSSR count). The Bertz CT molecular complexity index is 1200. The first-order valence-electron chi connectivity index (χ1n) is 9.39. The van der Waals surface area contributed by atoms with Crippen LogP contribution in [0.3, 0.4) is 0 Å². The summed E-state index contributed by atoms with van der Waals surface area (Å²) < 4.78 is 5.49. The number of H-pyrrole nitrogens is 1. The van der Waals surface area contributed by atoms with Crippen molar-refractivity contribution in [3.63, 3.8) is 0 Å². The number of rotatable bonds is 7. The minimum atomic E-state index is -0.248. The van der Waals surface area contributed by atoms with E-state index in [9.17, 15) is 9.90 Å². The maximum atomic E-state index is 12.4. The number of methoxy groups -OCH3 is 1. The van der Waals surface area contributed by atoms with Gasteiger partial charge in [0.05, 0.1) is 23.7 Å². The highest BCUT2D eigenvalue weighted by Crippen LogP contribution is 2.29. The topological polar surface area (TPSA) is 75.2 Å². The number of thioether (sulfide) groups is 1. The van der Waals surface area contributed by atoms with Gasteiger partial charge in [0.15, 0.2) is 10.9 Å². The lowest BCUT2D eigenvalue weighted by Crippen LogP contribution is -1.95. The Labute approximate surface area is 178 Å². The van der Waals surface area contributed by atoms with Gasteiger partial charge in [-0.25, -0.2) is 4.98 Å². The molecule has 0 aliphatic rings. The number of aromatic amines is 1. The molecule has 6 heteroatoms. The SMILES string of the molecule is COc1ccc(C=CC(=O)c2ccccc2O)cc1CSc1nc2ccccc2[nH]1. The fraction of sp³-hybridized carbons (Fsp3) is 0.0833. The molecule has 0 aliphatic carbocycles. The molecule has 3 aromatic carbocycles. The number of ether oxygens (including phenoxy) is 1. The first-order valence-corrected chi connectivity index (χ1v) is 10.4. The van der Waals surface area contributed by atoms with Gasteiger partial charge in [-0.1, -0.05) is 48.2 Å². The van der Waals surface area contributed by atoms with Gasteiger partial charge in [0.2, 0.25) is 0 Å². The summed E-state index contributed by atoms with van der Waals surface area (Å²) in [5.41, 5.74) is 4.10. The van der Waals surface area contributed by atoms with Gasteiger partial charge < -0.3 is 14.8 Å². The first kappa shape index (κ1) is 19.8. The van der Waals surface area contributed by atoms with E-state index in [0.717, 1.165) is 33.1 Å². The Morgan fingerprint density at radius 1 is 1.13 bits per heavy atom. The molecule has 150 valence electrons. The predicted molar refractivity (Wildman–Crippen MR) is 120 cm³/mol. The highest BCUT2D eigenvalue weighted by atomic mass is 32.2. The molecule has 5 nitrogen and oxygen atoms in total. The second-order valence-electron chi connectivity index (χ2n) is 6.63. The number of hydrogen-bond acceptors (Lipinski definition) is 5. The van der Waals surface area contributed by atoms with Crippen LogP contribution in [0.4, 0.5) is 0 Å². The Hall–Kier alpha value is -3.51. The molecule has 0 saturated carbocycles. The predicted octanol–water partition coefficient (Wildman–Crippen LogP) is 5.47. The monoisotopic (exact) mass is 416 g/mol. The minimum absolute atomic E-state index is 0.0233. The zero-order valence-electron chi connectivity index (χ0n) is 16.3. The van der Waals surface area contributed by atoms with E-state index >= 15 is 0 Å². The van der Waals surface area contributed by atoms with E-state index < -0.39 is 0 Å². The summed E-state index contributed by atoms with van der Waals surface area (Å²) in [5, 5.41) is 10.7. The van der Waals surface area contributed by atoms with E-state index in [1.807, 2.05) is 42.5 Å². The molecule has 0 unspecified atom stereocenters. The van der Waals surface area contributed by atoms with E-state index in [1.54, 1.807) is 43.1 Å². The minimum Gasteiger partial charge on any atom is -0.507 e. The maximum Gasteiger partial charge on any atom is 0.189 e. The zero-order chi connectivity index (χ0) is 20.9. The molecule has 1 aromatic heterocycles. The van der Waals surface area contributed by atoms with Gasteiger partial charge in [0.1, 0.15) is 11.5 Å². The number of phenolic OH excluding ortho intramolecular Hbond substituents is 1. The number of nitrogens with one attached hydrogen (secondary N) is 1. The van der Waals surface area contributed by atoms with Gasteiger partial charge in [0, 0.05) is 11.3 Å². The number of carbonyl (C=O) groups is 1. The van der Waals surface area contributed by atoms with Crippen LogP contribution in [0.2, 0.25) is 0 Å². The number of allylic oxidation sites excluding steroid dienone is 1. The number of aromatic nitrogens is 2. The molecular weight excluding hydrogens is 396 g/mol. The van der Waals surface area contributed by atoms with Crippen LogP contribution >= 0.6 is 11.8 Å². The van der Waals surface area contributed by atoms with Gasteiger partial charge in [-0.15, -0.1) is 0 Å². The van der Waals surface area contributed by atoms with Crippen molar-refractivity contribution in [2.45, 2.75) is 10.9 Å². The van der Waals surface area contributed by atoms with Crippen molar-refractivity contribution in [1.82, 2.24) is 9.97 Å². The molecule has 0 amide bonds. The molecule has 0 saturated heterocycles. The van der Waals surface area contributed by atoms with Crippen LogP contribution < -0.4 is 4.74 Å². The molecule has 0 fully saturated rings. The smallest absolute Gasteiger partial charge is 0.189 e. The van der Waals surface area contributed by atoms with E-state index in [0.29, 0.717) is 5.75 Å². The average Bonchev–Trinajstić information content (AvgIpc) is 3.19. The number of para-hydroxylation sites is 3. The quantitative estimate of drug-likeness (QED) is 0.237. The van der Waals surface area contributed by atoms with Crippen molar-refractivity contribution >= 4 is 34.7 Å². The Morgan fingerprint density at radius 2 is 1.93 bits per heavy atom. The number of ketones is 1. The third kappa shape index (κ3) is 4.39. The number of carbonyl (C=O) groups excluding carboxylic acids is 1. The normalized spacial score (nSPS) is 11.2. The van der Waals surface area contributed by atoms with Gasteiger partial charge >= 0.3 is 0 Å². The molecule has 0 radical (unpaired) electrons. The largest absolute Gasteiger partial charge is 0.507 e. The first-order chi connectivity index (χ1) is 14.6. The van der Waals surface area contributed by atoms with Gasteiger partial charge in [-0.3, -0.25) is 4.79 Å². The second kappa shape index (κ2) is 8.88. The molecule has 1 heterocycles. The Kier molecular flexibility index (Phi) is 5.86. The van der Waals surface area contributed by atoms with Crippen LogP contribution in [0.1, 0.15) is 21.5 Å². The van der Waals surface area contributed by atoms with E-state index in [2.05, 4.69) is 9.97 Å². The second-order valence-corrected chi connectivity index (χ2v) is 7.60. The van der Waals surface area contributed by atoms with Crippen LogP contribution in [0, 0.1) is 0 Å². The summed E-state index contributed by atoms with van der Waals surface area (Å²) in [5.74, 6) is 1.17. The van der Waals surface area contributed by atoms with Crippen molar-refractivity contribution in [2.75, 3.05) is 7.11 Å². The van der Waals surface area contributed by atoms with Crippen LogP contribution in [-0.4, -0.2) is 28.0 Å². The standard InChI is InChI=1S/C24H20N2O3S/c1-29-23-13-11-16(10-12-22(28)18-6-2-5-9-21(18)27)14-17(23)15-30-24-25-19-7-3-4-8-20(19)26-24/h2-14,27H,15H2,1H3,(H,25,26). The third-order valence-electron chi connectivity index (χ3n) is 4.63. The summed E-state index contributed by atoms with van der Waals surface area (Å²) in [4.78, 5) is 20.3. The molecule has 4 aromatic rings. The zero-order valence-corrected chi connectivity index (χ0v) is 17.1. The molecule has 0 bridgehead atoms. The van der Waals surface area contributed by atoms with Crippen molar-refractivity contribution in [2.24, 2.45) is 0 Å². The number of imidazole rings is 1. The summed E-state index contributed by atoms with van der Waals surface area (Å²) in [7, 11) is 1.64. The molecular formula is C24H20N2O3S. The van der Waals surface area contributed by atoms with Gasteiger partial charge in [-0.05, 0) is 48.0 Å². The highest BCUT2D eigenvalue weighted by molar-refractivity contribution is 7.98. The van der Waals surface area contributed by atoms with Gasteiger partial charge in [-0.2, -0.15) is 0 Å². The lowest BCUT2D eigenvalue weighted by molar-refractivity contribution is 0.104. The number of hydrogen-bond donors (Lipinski definition) is 2.